The first kappa shape index (κ1) is 16.0. The Balaban J connectivity index is 1.73. The first-order chi connectivity index (χ1) is 11.6. The summed E-state index contributed by atoms with van der Waals surface area (Å²) in [7, 11) is 0. The number of hydrogen-bond donors (Lipinski definition) is 0. The fraction of sp³-hybridized carbons (Fsp3) is 0.200. The lowest BCUT2D eigenvalue weighted by molar-refractivity contribution is -0.130. The van der Waals surface area contributed by atoms with E-state index in [1.54, 1.807) is 6.08 Å². The van der Waals surface area contributed by atoms with Crippen molar-refractivity contribution in [1.29, 1.82) is 0 Å². The molecule has 0 aromatic heterocycles. The smallest absolute Gasteiger partial charge is 0.363 e. The van der Waals surface area contributed by atoms with Crippen molar-refractivity contribution < 1.29 is 14.3 Å². The van der Waals surface area contributed by atoms with Crippen LogP contribution in [-0.2, 0) is 16.0 Å². The van der Waals surface area contributed by atoms with Crippen LogP contribution in [-0.4, -0.2) is 18.0 Å². The van der Waals surface area contributed by atoms with Crippen LogP contribution in [0.15, 0.2) is 65.3 Å². The first-order valence-corrected chi connectivity index (χ1v) is 7.92. The van der Waals surface area contributed by atoms with Gasteiger partial charge >= 0.3 is 5.97 Å². The Hall–Kier alpha value is -2.88. The zero-order valence-corrected chi connectivity index (χ0v) is 13.7. The van der Waals surface area contributed by atoms with E-state index in [-0.39, 0.29) is 6.10 Å². The number of rotatable bonds is 5. The van der Waals surface area contributed by atoms with E-state index < -0.39 is 5.97 Å². The predicted molar refractivity (Wildman–Crippen MR) is 93.9 cm³/mol. The molecule has 2 aromatic carbocycles. The van der Waals surface area contributed by atoms with Gasteiger partial charge in [0.25, 0.3) is 0 Å². The lowest BCUT2D eigenvalue weighted by Gasteiger charge is -2.09. The van der Waals surface area contributed by atoms with E-state index in [2.05, 4.69) is 4.99 Å². The van der Waals surface area contributed by atoms with Crippen molar-refractivity contribution in [3.05, 3.63) is 71.4 Å². The largest absolute Gasteiger partial charge is 0.491 e. The predicted octanol–water partition coefficient (Wildman–Crippen LogP) is 4.01. The van der Waals surface area contributed by atoms with Crippen LogP contribution < -0.4 is 4.74 Å². The van der Waals surface area contributed by atoms with Crippen LogP contribution in [0, 0.1) is 0 Å². The van der Waals surface area contributed by atoms with Gasteiger partial charge in [0, 0.05) is 6.42 Å². The zero-order valence-electron chi connectivity index (χ0n) is 13.7. The molecule has 0 bridgehead atoms. The Labute approximate surface area is 141 Å². The molecule has 0 saturated carbocycles. The molecule has 0 radical (unpaired) electrons. The quantitative estimate of drug-likeness (QED) is 0.617. The SMILES string of the molecule is CC(C)Oc1ccc(/C=C2/N=C(Cc3ccccc3)OC2=O)cc1. The van der Waals surface area contributed by atoms with Crippen molar-refractivity contribution in [2.24, 2.45) is 4.99 Å². The molecular weight excluding hydrogens is 302 g/mol. The molecule has 24 heavy (non-hydrogen) atoms. The summed E-state index contributed by atoms with van der Waals surface area (Å²) in [6.45, 7) is 3.96. The molecule has 0 unspecified atom stereocenters. The molecule has 2 aromatic rings. The van der Waals surface area contributed by atoms with Crippen LogP contribution in [0.5, 0.6) is 5.75 Å². The van der Waals surface area contributed by atoms with Crippen molar-refractivity contribution >= 4 is 17.9 Å². The number of esters is 1. The number of carbonyl (C=O) groups is 1. The highest BCUT2D eigenvalue weighted by Crippen LogP contribution is 2.20. The minimum atomic E-state index is -0.413. The van der Waals surface area contributed by atoms with Crippen LogP contribution in [0.2, 0.25) is 0 Å². The van der Waals surface area contributed by atoms with Gasteiger partial charge in [-0.15, -0.1) is 0 Å². The second-order valence-corrected chi connectivity index (χ2v) is 5.82. The van der Waals surface area contributed by atoms with Crippen LogP contribution in [0.3, 0.4) is 0 Å². The third-order valence-corrected chi connectivity index (χ3v) is 3.42. The zero-order chi connectivity index (χ0) is 16.9. The van der Waals surface area contributed by atoms with Crippen molar-refractivity contribution in [2.45, 2.75) is 26.4 Å². The Kier molecular flexibility index (Phi) is 4.75. The molecule has 1 aliphatic rings. The molecule has 0 spiro atoms. The summed E-state index contributed by atoms with van der Waals surface area (Å²) in [4.78, 5) is 16.3. The van der Waals surface area contributed by atoms with Gasteiger partial charge in [-0.2, -0.15) is 0 Å². The van der Waals surface area contributed by atoms with Crippen LogP contribution in [0.4, 0.5) is 0 Å². The summed E-state index contributed by atoms with van der Waals surface area (Å²) in [6, 6.07) is 17.3. The Morgan fingerprint density at radius 2 is 1.79 bits per heavy atom. The van der Waals surface area contributed by atoms with E-state index in [1.165, 1.54) is 0 Å². The monoisotopic (exact) mass is 321 g/mol. The molecule has 0 N–H and O–H groups in total. The van der Waals surface area contributed by atoms with Crippen LogP contribution >= 0.6 is 0 Å². The minimum absolute atomic E-state index is 0.129. The third-order valence-electron chi connectivity index (χ3n) is 3.42. The van der Waals surface area contributed by atoms with Crippen molar-refractivity contribution in [3.8, 4) is 5.75 Å². The number of hydrogen-bond acceptors (Lipinski definition) is 4. The molecule has 4 heteroatoms. The lowest BCUT2D eigenvalue weighted by Crippen LogP contribution is -2.06. The van der Waals surface area contributed by atoms with Gasteiger partial charge in [0.1, 0.15) is 5.75 Å². The van der Waals surface area contributed by atoms with Gasteiger partial charge in [0.15, 0.2) is 5.70 Å². The van der Waals surface area contributed by atoms with E-state index in [0.29, 0.717) is 18.0 Å². The van der Waals surface area contributed by atoms with Gasteiger partial charge in [-0.25, -0.2) is 9.79 Å². The van der Waals surface area contributed by atoms with E-state index in [1.807, 2.05) is 68.4 Å². The highest BCUT2D eigenvalue weighted by Gasteiger charge is 2.22. The van der Waals surface area contributed by atoms with Crippen molar-refractivity contribution in [3.63, 3.8) is 0 Å². The maximum Gasteiger partial charge on any atom is 0.363 e. The molecule has 0 amide bonds. The molecule has 1 heterocycles. The molecule has 0 atom stereocenters. The van der Waals surface area contributed by atoms with Gasteiger partial charge < -0.3 is 9.47 Å². The van der Waals surface area contributed by atoms with Gasteiger partial charge in [-0.05, 0) is 43.2 Å². The van der Waals surface area contributed by atoms with Gasteiger partial charge in [-0.3, -0.25) is 0 Å². The minimum Gasteiger partial charge on any atom is -0.491 e. The van der Waals surface area contributed by atoms with Gasteiger partial charge in [0.2, 0.25) is 5.90 Å². The molecule has 122 valence electrons. The molecule has 0 saturated heterocycles. The summed E-state index contributed by atoms with van der Waals surface area (Å²) in [5, 5.41) is 0. The summed E-state index contributed by atoms with van der Waals surface area (Å²) in [5.74, 6) is 0.815. The number of ether oxygens (including phenoxy) is 2. The lowest BCUT2D eigenvalue weighted by atomic mass is 10.1. The highest BCUT2D eigenvalue weighted by molar-refractivity contribution is 6.07. The first-order valence-electron chi connectivity index (χ1n) is 7.92. The van der Waals surface area contributed by atoms with Crippen molar-refractivity contribution in [1.82, 2.24) is 0 Å². The fourth-order valence-electron chi connectivity index (χ4n) is 2.37. The summed E-state index contributed by atoms with van der Waals surface area (Å²) < 4.78 is 10.8. The van der Waals surface area contributed by atoms with E-state index in [0.717, 1.165) is 16.9 Å². The summed E-state index contributed by atoms with van der Waals surface area (Å²) >= 11 is 0. The van der Waals surface area contributed by atoms with E-state index >= 15 is 0 Å². The average molecular weight is 321 g/mol. The average Bonchev–Trinajstić information content (AvgIpc) is 2.89. The molecule has 0 fully saturated rings. The van der Waals surface area contributed by atoms with Crippen molar-refractivity contribution in [2.75, 3.05) is 0 Å². The number of carbonyl (C=O) groups excluding carboxylic acids is 1. The summed E-state index contributed by atoms with van der Waals surface area (Å²) in [6.07, 6.45) is 2.36. The Bertz CT molecular complexity index is 774. The number of nitrogens with zero attached hydrogens (tertiary/aromatic N) is 1. The molecule has 4 nitrogen and oxygen atoms in total. The molecular formula is C20H19NO3. The highest BCUT2D eigenvalue weighted by atomic mass is 16.6. The normalized spacial score (nSPS) is 15.5. The second-order valence-electron chi connectivity index (χ2n) is 5.82. The van der Waals surface area contributed by atoms with Crippen LogP contribution in [0.1, 0.15) is 25.0 Å². The molecule has 1 aliphatic heterocycles. The standard InChI is InChI=1S/C20H19NO3/c1-14(2)23-17-10-8-16(9-11-17)12-18-20(22)24-19(21-18)13-15-6-4-3-5-7-15/h3-12,14H,13H2,1-2H3/b18-12+. The van der Waals surface area contributed by atoms with Gasteiger partial charge in [-0.1, -0.05) is 42.5 Å². The van der Waals surface area contributed by atoms with E-state index in [9.17, 15) is 4.79 Å². The third kappa shape index (κ3) is 4.10. The maximum atomic E-state index is 12.0. The van der Waals surface area contributed by atoms with E-state index in [4.69, 9.17) is 9.47 Å². The topological polar surface area (TPSA) is 47.9 Å². The maximum absolute atomic E-state index is 12.0. The summed E-state index contributed by atoms with van der Waals surface area (Å²) in [5.41, 5.74) is 2.25. The fourth-order valence-corrected chi connectivity index (χ4v) is 2.37. The molecule has 3 rings (SSSR count). The Morgan fingerprint density at radius 1 is 1.08 bits per heavy atom. The number of cyclic esters (lactones) is 1. The Morgan fingerprint density at radius 3 is 2.46 bits per heavy atom. The number of aliphatic imine (C=N–C) groups is 1. The number of benzene rings is 2. The molecule has 0 aliphatic carbocycles. The second kappa shape index (κ2) is 7.13. The van der Waals surface area contributed by atoms with Gasteiger partial charge in [0.05, 0.1) is 6.10 Å². The van der Waals surface area contributed by atoms with Crippen LogP contribution in [0.25, 0.3) is 6.08 Å².